The fourth-order valence-corrected chi connectivity index (χ4v) is 17.8. The summed E-state index contributed by atoms with van der Waals surface area (Å²) in [6.45, 7) is 16.2. The molecule has 3 unspecified atom stereocenters. The van der Waals surface area contributed by atoms with E-state index in [-0.39, 0.29) is 48.6 Å². The van der Waals surface area contributed by atoms with E-state index in [0.717, 1.165) is 98.3 Å². The molecule has 3 aromatic carbocycles. The summed E-state index contributed by atoms with van der Waals surface area (Å²) in [6, 6.07) is 10.7. The molecule has 6 fully saturated rings. The molecule has 14 atom stereocenters. The van der Waals surface area contributed by atoms with E-state index in [0.29, 0.717) is 68.6 Å². The minimum Gasteiger partial charge on any atom is -0.504 e. The highest BCUT2D eigenvalue weighted by Crippen LogP contribution is 2.68. The van der Waals surface area contributed by atoms with Gasteiger partial charge in [0.15, 0.2) is 46.4 Å². The quantitative estimate of drug-likeness (QED) is 0.163. The van der Waals surface area contributed by atoms with Crippen molar-refractivity contribution < 1.29 is 59.9 Å². The Kier molecular flexibility index (Phi) is 11.1. The van der Waals surface area contributed by atoms with E-state index in [4.69, 9.17) is 14.2 Å². The average Bonchev–Trinajstić information content (AvgIpc) is 4.09. The Labute approximate surface area is 426 Å². The van der Waals surface area contributed by atoms with Crippen molar-refractivity contribution in [2.24, 2.45) is 0 Å². The largest absolute Gasteiger partial charge is 0.504 e. The van der Waals surface area contributed by atoms with E-state index < -0.39 is 63.6 Å². The van der Waals surface area contributed by atoms with Gasteiger partial charge in [0.2, 0.25) is 0 Å². The number of Topliss-reactive ketones (excluding diaryl/α,β-unsaturated/α-hetero) is 1. The van der Waals surface area contributed by atoms with Crippen molar-refractivity contribution in [3.63, 3.8) is 0 Å². The van der Waals surface area contributed by atoms with Crippen LogP contribution in [-0.4, -0.2) is 166 Å². The van der Waals surface area contributed by atoms with Crippen molar-refractivity contribution >= 4 is 5.78 Å². The van der Waals surface area contributed by atoms with Crippen LogP contribution in [0.4, 0.5) is 0 Å². The van der Waals surface area contributed by atoms with Crippen LogP contribution in [0.5, 0.6) is 34.5 Å². The van der Waals surface area contributed by atoms with Gasteiger partial charge in [0.05, 0.1) is 45.3 Å². The lowest BCUT2D eigenvalue weighted by Gasteiger charge is -2.63. The van der Waals surface area contributed by atoms with Crippen LogP contribution in [0, 0.1) is 0 Å². The number of benzene rings is 3. The number of likely N-dealkylation sites (tertiary alicyclic amines) is 3. The van der Waals surface area contributed by atoms with Crippen molar-refractivity contribution in [2.45, 2.75) is 166 Å². The molecule has 0 amide bonds. The summed E-state index contributed by atoms with van der Waals surface area (Å²) in [7, 11) is 0. The molecule has 0 radical (unpaired) electrons. The molecule has 390 valence electrons. The number of aromatic hydroxyl groups is 3. The third-order valence-electron chi connectivity index (χ3n) is 20.5. The van der Waals surface area contributed by atoms with Crippen LogP contribution in [0.3, 0.4) is 0 Å². The number of nitrogens with zero attached hydrogens (tertiary/aromatic N) is 3. The van der Waals surface area contributed by atoms with Gasteiger partial charge in [-0.15, -0.1) is 19.7 Å². The maximum atomic E-state index is 12.6. The third kappa shape index (κ3) is 5.86. The van der Waals surface area contributed by atoms with Gasteiger partial charge >= 0.3 is 0 Å². The van der Waals surface area contributed by atoms with E-state index in [2.05, 4.69) is 34.4 Å². The zero-order chi connectivity index (χ0) is 50.1. The van der Waals surface area contributed by atoms with E-state index in [9.17, 15) is 45.6 Å². The molecule has 6 heterocycles. The van der Waals surface area contributed by atoms with E-state index in [1.165, 1.54) is 0 Å². The number of piperidine rings is 3. The summed E-state index contributed by atoms with van der Waals surface area (Å²) in [5, 5.41) is 87.7. The van der Waals surface area contributed by atoms with Gasteiger partial charge in [-0.25, -0.2) is 0 Å². The first-order valence-corrected chi connectivity index (χ1v) is 26.2. The van der Waals surface area contributed by atoms with Crippen LogP contribution in [0.1, 0.15) is 98.6 Å². The Bertz CT molecular complexity index is 2720. The molecule has 15 nitrogen and oxygen atoms in total. The second-order valence-corrected chi connectivity index (χ2v) is 23.0. The molecule has 3 aromatic rings. The second-order valence-electron chi connectivity index (χ2n) is 23.0. The number of ether oxygens (including phenoxy) is 3. The summed E-state index contributed by atoms with van der Waals surface area (Å²) < 4.78 is 18.2. The van der Waals surface area contributed by atoms with Crippen LogP contribution in [0.15, 0.2) is 74.4 Å². The molecule has 12 aliphatic rings. The van der Waals surface area contributed by atoms with Gasteiger partial charge in [-0.3, -0.25) is 19.5 Å². The number of aliphatic hydroxyl groups is 5. The van der Waals surface area contributed by atoms with E-state index >= 15 is 0 Å². The molecular weight excluding hydrogens is 931 g/mol. The molecular formula is C58H71N3O12. The zero-order valence-corrected chi connectivity index (χ0v) is 40.7. The number of rotatable bonds is 6. The molecule has 3 saturated carbocycles. The molecule has 15 heteroatoms. The van der Waals surface area contributed by atoms with Crippen molar-refractivity contribution in [3.8, 4) is 34.5 Å². The number of aliphatic hydroxyl groups excluding tert-OH is 2. The van der Waals surface area contributed by atoms with E-state index in [1.54, 1.807) is 18.2 Å². The first-order chi connectivity index (χ1) is 34.6. The Balaban J connectivity index is 0.000000111. The number of carbonyl (C=O) groups excluding carboxylic acids is 1. The third-order valence-corrected chi connectivity index (χ3v) is 20.5. The molecule has 6 aliphatic heterocycles. The van der Waals surface area contributed by atoms with Crippen molar-refractivity contribution in [2.75, 3.05) is 39.3 Å². The van der Waals surface area contributed by atoms with Gasteiger partial charge in [0.1, 0.15) is 12.2 Å². The molecule has 3 spiro atoms. The smallest absolute Gasteiger partial charge is 0.174 e. The van der Waals surface area contributed by atoms with Gasteiger partial charge in [-0.2, -0.15) is 0 Å². The summed E-state index contributed by atoms with van der Waals surface area (Å²) >= 11 is 0. The van der Waals surface area contributed by atoms with E-state index in [1.807, 2.05) is 36.4 Å². The van der Waals surface area contributed by atoms with Gasteiger partial charge in [-0.1, -0.05) is 43.9 Å². The summed E-state index contributed by atoms with van der Waals surface area (Å²) in [4.78, 5) is 19.5. The van der Waals surface area contributed by atoms with Crippen molar-refractivity contribution in [1.29, 1.82) is 0 Å². The number of ketones is 1. The number of hydrogen-bond acceptors (Lipinski definition) is 15. The highest BCUT2D eigenvalue weighted by Gasteiger charge is 2.76. The zero-order valence-electron chi connectivity index (χ0n) is 40.7. The van der Waals surface area contributed by atoms with Crippen LogP contribution in [0.25, 0.3) is 0 Å². The monoisotopic (exact) mass is 1000 g/mol. The standard InChI is InChI=1S/2C19H23NO4.C19H21NO4.CH4/c3*1-2-8-20-9-7-18-15-11-3-4-12(21)16(15)24-17(18)13(22)5-6-19(18,23)14(20)10-11;/h2*2-4,13-14,17,21-23H,1,5-10H2;2-4,14,17,21,23H,1,5-10H2;1H4/t13-,14?,17+,18+,19-;13-,14?,17-,18-,19+;14?,17-,18-,19+;/m011./s1. The second kappa shape index (κ2) is 16.5. The minimum absolute atomic E-state index is 0. The summed E-state index contributed by atoms with van der Waals surface area (Å²) in [5.41, 5.74) is 1.29. The predicted molar refractivity (Wildman–Crippen MR) is 271 cm³/mol. The lowest BCUT2D eigenvalue weighted by molar-refractivity contribution is -0.206. The fourth-order valence-electron chi connectivity index (χ4n) is 17.8. The van der Waals surface area contributed by atoms with Crippen LogP contribution in [-0.2, 0) is 40.3 Å². The molecule has 8 N–H and O–H groups in total. The van der Waals surface area contributed by atoms with Crippen molar-refractivity contribution in [1.82, 2.24) is 14.7 Å². The normalized spacial score (nSPS) is 40.8. The first kappa shape index (κ1) is 48.9. The Morgan fingerprint density at radius 3 is 1.29 bits per heavy atom. The summed E-state index contributed by atoms with van der Waals surface area (Å²) in [6.07, 6.45) is 10.00. The number of carbonyl (C=O) groups is 1. The molecule has 15 rings (SSSR count). The fraction of sp³-hybridized carbons (Fsp3) is 0.569. The Hall–Kier alpha value is -4.97. The molecule has 6 aliphatic carbocycles. The number of phenols is 3. The lowest BCUT2D eigenvalue weighted by Crippen LogP contribution is -2.77. The van der Waals surface area contributed by atoms with Crippen LogP contribution >= 0.6 is 0 Å². The molecule has 0 aromatic heterocycles. The van der Waals surface area contributed by atoms with Gasteiger partial charge in [-0.05, 0) is 119 Å². The van der Waals surface area contributed by atoms with Crippen molar-refractivity contribution in [3.05, 3.63) is 108 Å². The lowest BCUT2D eigenvalue weighted by atomic mass is 9.48. The summed E-state index contributed by atoms with van der Waals surface area (Å²) in [5.74, 6) is 1.71. The number of hydrogen-bond donors (Lipinski definition) is 8. The topological polar surface area (TPSA) is 216 Å². The SMILES string of the molecule is C.C=CCN1CC[C@@]23c4c5ccc(O)c4O[C@@H]2C(=O)CC[C@]3(O)C1C5.C=CCN1CC[C@@]23c4c5ccc(O)c4O[C@@H]2[C@@H](O)CC[C@]3(O)C1C5.C=CCN1CC[C@@]23c4c5ccc(O)c4O[C@@H]2[C@H](O)CC[C@]3(O)C1C5. The first-order valence-electron chi connectivity index (χ1n) is 26.2. The Morgan fingerprint density at radius 2 is 0.890 bits per heavy atom. The van der Waals surface area contributed by atoms with Gasteiger partial charge < -0.3 is 55.1 Å². The van der Waals surface area contributed by atoms with Crippen LogP contribution in [0.2, 0.25) is 0 Å². The van der Waals surface area contributed by atoms with Crippen LogP contribution < -0.4 is 14.2 Å². The maximum Gasteiger partial charge on any atom is 0.174 e. The number of phenolic OH excluding ortho intramolecular Hbond substituents is 3. The van der Waals surface area contributed by atoms with Gasteiger partial charge in [0, 0.05) is 67.4 Å². The molecule has 3 saturated heterocycles. The molecule has 73 heavy (non-hydrogen) atoms. The molecule has 6 bridgehead atoms. The maximum absolute atomic E-state index is 12.6. The minimum atomic E-state index is -1.00. The van der Waals surface area contributed by atoms with Gasteiger partial charge in [0.25, 0.3) is 0 Å². The average molecular weight is 1000 g/mol. The Morgan fingerprint density at radius 1 is 0.534 bits per heavy atom. The highest BCUT2D eigenvalue weighted by atomic mass is 16.5. The predicted octanol–water partition coefficient (Wildman–Crippen LogP) is 4.12. The highest BCUT2D eigenvalue weighted by molar-refractivity contribution is 5.90.